The molecule has 0 radical (unpaired) electrons. The molecule has 1 nitrogen and oxygen atoms in total. The van der Waals surface area contributed by atoms with Crippen molar-refractivity contribution in [2.45, 2.75) is 13.3 Å². The second-order valence-corrected chi connectivity index (χ2v) is 2.49. The number of aliphatic hydroxyl groups excluding tert-OH is 1. The van der Waals surface area contributed by atoms with Crippen molar-refractivity contribution in [2.24, 2.45) is 5.92 Å². The molecule has 0 aromatic heterocycles. The van der Waals surface area contributed by atoms with Crippen molar-refractivity contribution < 1.29 is 5.11 Å². The standard InChI is InChI=1S/C5H11IO/c1-2-5(3-6)4-7/h5,7H,2-4H2,1H3. The number of halogens is 1. The Morgan fingerprint density at radius 3 is 2.29 bits per heavy atom. The molecular weight excluding hydrogens is 203 g/mol. The number of rotatable bonds is 3. The molecule has 0 aliphatic carbocycles. The Labute approximate surface area is 58.3 Å². The van der Waals surface area contributed by atoms with Gasteiger partial charge < -0.3 is 5.11 Å². The average molecular weight is 214 g/mol. The Balaban J connectivity index is 2.99. The normalized spacial score (nSPS) is 14.1. The third kappa shape index (κ3) is 3.29. The van der Waals surface area contributed by atoms with Gasteiger partial charge in [-0.25, -0.2) is 0 Å². The number of aliphatic hydroxyl groups is 1. The first-order valence-corrected chi connectivity index (χ1v) is 4.04. The molecule has 0 rings (SSSR count). The molecule has 0 bridgehead atoms. The molecule has 2 heteroatoms. The molecule has 0 spiro atoms. The van der Waals surface area contributed by atoms with Gasteiger partial charge in [0, 0.05) is 11.0 Å². The predicted octanol–water partition coefficient (Wildman–Crippen LogP) is 1.44. The van der Waals surface area contributed by atoms with Crippen LogP contribution in [0.25, 0.3) is 0 Å². The highest BCUT2D eigenvalue weighted by Gasteiger charge is 1.98. The Kier molecular flexibility index (Phi) is 5.32. The first-order chi connectivity index (χ1) is 3.35. The highest BCUT2D eigenvalue weighted by Crippen LogP contribution is 2.03. The van der Waals surface area contributed by atoms with Crippen LogP contribution in [0.2, 0.25) is 0 Å². The van der Waals surface area contributed by atoms with E-state index in [9.17, 15) is 0 Å². The summed E-state index contributed by atoms with van der Waals surface area (Å²) in [6.45, 7) is 2.44. The van der Waals surface area contributed by atoms with Gasteiger partial charge in [0.1, 0.15) is 0 Å². The van der Waals surface area contributed by atoms with E-state index in [4.69, 9.17) is 5.11 Å². The Morgan fingerprint density at radius 1 is 1.71 bits per heavy atom. The van der Waals surface area contributed by atoms with Crippen LogP contribution in [0.15, 0.2) is 0 Å². The van der Waals surface area contributed by atoms with Crippen LogP contribution in [0.1, 0.15) is 13.3 Å². The minimum Gasteiger partial charge on any atom is -0.396 e. The lowest BCUT2D eigenvalue weighted by Crippen LogP contribution is -2.04. The van der Waals surface area contributed by atoms with E-state index in [1.807, 2.05) is 0 Å². The molecule has 0 saturated carbocycles. The van der Waals surface area contributed by atoms with E-state index in [1.165, 1.54) is 0 Å². The van der Waals surface area contributed by atoms with Crippen LogP contribution in [0.3, 0.4) is 0 Å². The lowest BCUT2D eigenvalue weighted by atomic mass is 10.1. The maximum Gasteiger partial charge on any atom is 0.0466 e. The molecule has 0 heterocycles. The lowest BCUT2D eigenvalue weighted by Gasteiger charge is -2.03. The van der Waals surface area contributed by atoms with Crippen LogP contribution < -0.4 is 0 Å². The quantitative estimate of drug-likeness (QED) is 0.556. The number of hydrogen-bond acceptors (Lipinski definition) is 1. The SMILES string of the molecule is CCC(CO)CI. The van der Waals surface area contributed by atoms with Gasteiger partial charge in [0.2, 0.25) is 0 Å². The monoisotopic (exact) mass is 214 g/mol. The molecule has 0 fully saturated rings. The molecule has 0 aromatic rings. The molecule has 1 unspecified atom stereocenters. The summed E-state index contributed by atoms with van der Waals surface area (Å²) in [5.74, 6) is 0.528. The molecule has 0 saturated heterocycles. The molecular formula is C5H11IO. The summed E-state index contributed by atoms with van der Waals surface area (Å²) in [7, 11) is 0. The topological polar surface area (TPSA) is 20.2 Å². The zero-order valence-corrected chi connectivity index (χ0v) is 6.68. The molecule has 7 heavy (non-hydrogen) atoms. The van der Waals surface area contributed by atoms with Crippen molar-refractivity contribution >= 4 is 22.6 Å². The van der Waals surface area contributed by atoms with Crippen LogP contribution in [-0.4, -0.2) is 16.1 Å². The molecule has 1 N–H and O–H groups in total. The Hall–Kier alpha value is 0.690. The van der Waals surface area contributed by atoms with E-state index in [1.54, 1.807) is 0 Å². The minimum absolute atomic E-state index is 0.347. The van der Waals surface area contributed by atoms with Gasteiger partial charge in [0.15, 0.2) is 0 Å². The molecule has 0 aliphatic rings. The maximum absolute atomic E-state index is 8.52. The summed E-state index contributed by atoms with van der Waals surface area (Å²) in [4.78, 5) is 0. The smallest absolute Gasteiger partial charge is 0.0466 e. The second kappa shape index (κ2) is 4.84. The molecule has 44 valence electrons. The van der Waals surface area contributed by atoms with Gasteiger partial charge in [-0.05, 0) is 5.92 Å². The second-order valence-electron chi connectivity index (χ2n) is 1.61. The largest absolute Gasteiger partial charge is 0.396 e. The average Bonchev–Trinajstić information content (AvgIpc) is 1.72. The third-order valence-electron chi connectivity index (χ3n) is 1.05. The van der Waals surface area contributed by atoms with E-state index >= 15 is 0 Å². The molecule has 0 aliphatic heterocycles. The van der Waals surface area contributed by atoms with Crippen molar-refractivity contribution in [1.29, 1.82) is 0 Å². The van der Waals surface area contributed by atoms with E-state index < -0.39 is 0 Å². The van der Waals surface area contributed by atoms with E-state index in [2.05, 4.69) is 29.5 Å². The predicted molar refractivity (Wildman–Crippen MR) is 39.8 cm³/mol. The summed E-state index contributed by atoms with van der Waals surface area (Å²) in [5.41, 5.74) is 0. The Morgan fingerprint density at radius 2 is 2.29 bits per heavy atom. The summed E-state index contributed by atoms with van der Waals surface area (Å²) in [6.07, 6.45) is 1.10. The third-order valence-corrected chi connectivity index (χ3v) is 2.30. The highest BCUT2D eigenvalue weighted by atomic mass is 127. The zero-order valence-electron chi connectivity index (χ0n) is 4.52. The van der Waals surface area contributed by atoms with Crippen LogP contribution in [0.5, 0.6) is 0 Å². The maximum atomic E-state index is 8.52. The van der Waals surface area contributed by atoms with Gasteiger partial charge >= 0.3 is 0 Å². The van der Waals surface area contributed by atoms with Crippen molar-refractivity contribution in [2.75, 3.05) is 11.0 Å². The fourth-order valence-corrected chi connectivity index (χ4v) is 1.19. The fourth-order valence-electron chi connectivity index (χ4n) is 0.287. The van der Waals surface area contributed by atoms with E-state index in [0.717, 1.165) is 10.8 Å². The van der Waals surface area contributed by atoms with Gasteiger partial charge in [0.05, 0.1) is 0 Å². The number of alkyl halides is 1. The van der Waals surface area contributed by atoms with Crippen LogP contribution in [-0.2, 0) is 0 Å². The van der Waals surface area contributed by atoms with Crippen molar-refractivity contribution in [3.05, 3.63) is 0 Å². The van der Waals surface area contributed by atoms with Crippen LogP contribution >= 0.6 is 22.6 Å². The summed E-state index contributed by atoms with van der Waals surface area (Å²) < 4.78 is 1.07. The van der Waals surface area contributed by atoms with Crippen LogP contribution in [0, 0.1) is 5.92 Å². The van der Waals surface area contributed by atoms with Gasteiger partial charge in [0.25, 0.3) is 0 Å². The minimum atomic E-state index is 0.347. The van der Waals surface area contributed by atoms with Crippen molar-refractivity contribution in [3.63, 3.8) is 0 Å². The first-order valence-electron chi connectivity index (χ1n) is 2.52. The molecule has 0 amide bonds. The number of hydrogen-bond donors (Lipinski definition) is 1. The molecule has 1 atom stereocenters. The first kappa shape index (κ1) is 7.69. The van der Waals surface area contributed by atoms with E-state index in [-0.39, 0.29) is 0 Å². The van der Waals surface area contributed by atoms with Crippen molar-refractivity contribution in [1.82, 2.24) is 0 Å². The van der Waals surface area contributed by atoms with Gasteiger partial charge in [-0.2, -0.15) is 0 Å². The summed E-state index contributed by atoms with van der Waals surface area (Å²) in [5, 5.41) is 8.52. The van der Waals surface area contributed by atoms with Crippen LogP contribution in [0.4, 0.5) is 0 Å². The molecule has 0 aromatic carbocycles. The van der Waals surface area contributed by atoms with E-state index in [0.29, 0.717) is 12.5 Å². The van der Waals surface area contributed by atoms with Gasteiger partial charge in [-0.3, -0.25) is 0 Å². The zero-order chi connectivity index (χ0) is 5.70. The van der Waals surface area contributed by atoms with Gasteiger partial charge in [-0.15, -0.1) is 0 Å². The highest BCUT2D eigenvalue weighted by molar-refractivity contribution is 14.1. The van der Waals surface area contributed by atoms with Crippen molar-refractivity contribution in [3.8, 4) is 0 Å². The fraction of sp³-hybridized carbons (Fsp3) is 1.00. The summed E-state index contributed by atoms with van der Waals surface area (Å²) in [6, 6.07) is 0. The summed E-state index contributed by atoms with van der Waals surface area (Å²) >= 11 is 2.29. The van der Waals surface area contributed by atoms with Gasteiger partial charge in [-0.1, -0.05) is 35.9 Å². The lowest BCUT2D eigenvalue weighted by molar-refractivity contribution is 0.238. The Bertz CT molecular complexity index is 29.6.